The number of aromatic nitrogens is 2. The number of carbonyl (C=O) groups excluding carboxylic acids is 2. The zero-order chi connectivity index (χ0) is 19.5. The lowest BCUT2D eigenvalue weighted by molar-refractivity contribution is -0.120. The van der Waals surface area contributed by atoms with Crippen molar-refractivity contribution >= 4 is 11.7 Å². The Kier molecular flexibility index (Phi) is 5.57. The fourth-order valence-electron chi connectivity index (χ4n) is 4.37. The highest BCUT2D eigenvalue weighted by Gasteiger charge is 2.30. The van der Waals surface area contributed by atoms with Crippen molar-refractivity contribution in [2.75, 3.05) is 6.61 Å². The molecule has 1 saturated heterocycles. The molecule has 4 rings (SSSR count). The maximum absolute atomic E-state index is 12.7. The molecule has 1 amide bonds. The minimum absolute atomic E-state index is 0.0672. The van der Waals surface area contributed by atoms with Gasteiger partial charge in [-0.05, 0) is 49.8 Å². The molecule has 2 aromatic heterocycles. The van der Waals surface area contributed by atoms with E-state index < -0.39 is 0 Å². The second-order valence-corrected chi connectivity index (χ2v) is 7.72. The van der Waals surface area contributed by atoms with Gasteiger partial charge in [-0.2, -0.15) is 0 Å². The van der Waals surface area contributed by atoms with Crippen LogP contribution in [0.15, 0.2) is 24.5 Å². The summed E-state index contributed by atoms with van der Waals surface area (Å²) in [6.45, 7) is 4.07. The van der Waals surface area contributed by atoms with Crippen LogP contribution in [0.25, 0.3) is 0 Å². The monoisotopic (exact) mass is 381 g/mol. The molecule has 2 aliphatic rings. The number of nitrogens with zero attached hydrogens (tertiary/aromatic N) is 2. The first kappa shape index (κ1) is 18.9. The highest BCUT2D eigenvalue weighted by molar-refractivity contribution is 6.01. The molecule has 0 bridgehead atoms. The van der Waals surface area contributed by atoms with Crippen molar-refractivity contribution in [1.82, 2.24) is 14.9 Å². The summed E-state index contributed by atoms with van der Waals surface area (Å²) in [6.07, 6.45) is 8.40. The summed E-state index contributed by atoms with van der Waals surface area (Å²) in [7, 11) is 0. The lowest BCUT2D eigenvalue weighted by Crippen LogP contribution is -2.25. The van der Waals surface area contributed by atoms with Crippen molar-refractivity contribution in [2.24, 2.45) is 0 Å². The smallest absolute Gasteiger partial charge is 0.224 e. The van der Waals surface area contributed by atoms with Crippen molar-refractivity contribution in [3.63, 3.8) is 0 Å². The minimum atomic E-state index is -0.0672. The van der Waals surface area contributed by atoms with Crippen LogP contribution in [0.1, 0.15) is 58.6 Å². The molecule has 148 valence electrons. The molecule has 1 fully saturated rings. The second-order valence-electron chi connectivity index (χ2n) is 7.72. The number of fused-ring (bicyclic) bond motifs is 1. The summed E-state index contributed by atoms with van der Waals surface area (Å²) in [5.74, 6) is 0.105. The molecule has 6 nitrogen and oxygen atoms in total. The highest BCUT2D eigenvalue weighted by Crippen LogP contribution is 2.31. The number of amides is 1. The molecular weight excluding hydrogens is 354 g/mol. The van der Waals surface area contributed by atoms with Crippen LogP contribution in [0, 0.1) is 6.92 Å². The van der Waals surface area contributed by atoms with Gasteiger partial charge < -0.3 is 14.6 Å². The number of ketones is 1. The van der Waals surface area contributed by atoms with Gasteiger partial charge in [0.1, 0.15) is 0 Å². The molecule has 1 N–H and O–H groups in total. The lowest BCUT2D eigenvalue weighted by atomic mass is 9.92. The van der Waals surface area contributed by atoms with E-state index in [1.807, 2.05) is 19.1 Å². The maximum atomic E-state index is 12.7. The van der Waals surface area contributed by atoms with Crippen molar-refractivity contribution in [3.05, 3.63) is 52.6 Å². The van der Waals surface area contributed by atoms with Gasteiger partial charge in [-0.3, -0.25) is 14.6 Å². The van der Waals surface area contributed by atoms with Crippen LogP contribution in [0.5, 0.6) is 0 Å². The van der Waals surface area contributed by atoms with E-state index in [1.165, 1.54) is 0 Å². The van der Waals surface area contributed by atoms with E-state index in [4.69, 9.17) is 4.74 Å². The molecule has 1 aliphatic carbocycles. The first-order chi connectivity index (χ1) is 13.6. The average Bonchev–Trinajstić information content (AvgIpc) is 3.31. The number of rotatable bonds is 6. The van der Waals surface area contributed by atoms with Gasteiger partial charge >= 0.3 is 0 Å². The standard InChI is InChI=1S/C22H27N3O3/c1-15-18(11-21(27)24-13-16-5-3-9-23-12-16)22-19(7-2-8-20(22)26)25(15)14-17-6-4-10-28-17/h3,5,9,12,17H,2,4,6-8,10-11,13-14H2,1H3,(H,24,27)/t17-/m1/s1. The molecule has 0 saturated carbocycles. The predicted octanol–water partition coefficient (Wildman–Crippen LogP) is 2.75. The SMILES string of the molecule is Cc1c(CC(=O)NCc2cccnc2)c2c(n1C[C@H]1CCCO1)CCCC2=O. The summed E-state index contributed by atoms with van der Waals surface area (Å²) in [6, 6.07) is 3.79. The van der Waals surface area contributed by atoms with Crippen LogP contribution >= 0.6 is 0 Å². The zero-order valence-corrected chi connectivity index (χ0v) is 16.4. The molecule has 0 radical (unpaired) electrons. The fraction of sp³-hybridized carbons (Fsp3) is 0.500. The summed E-state index contributed by atoms with van der Waals surface area (Å²) >= 11 is 0. The Labute approximate surface area is 165 Å². The van der Waals surface area contributed by atoms with Crippen molar-refractivity contribution in [3.8, 4) is 0 Å². The molecule has 1 atom stereocenters. The van der Waals surface area contributed by atoms with Crippen LogP contribution in [-0.2, 0) is 35.5 Å². The molecule has 6 heteroatoms. The van der Waals surface area contributed by atoms with Gasteiger partial charge in [-0.15, -0.1) is 0 Å². The van der Waals surface area contributed by atoms with Crippen LogP contribution in [0.3, 0.4) is 0 Å². The predicted molar refractivity (Wildman–Crippen MR) is 105 cm³/mol. The third kappa shape index (κ3) is 3.87. The van der Waals surface area contributed by atoms with E-state index in [0.29, 0.717) is 13.0 Å². The Morgan fingerprint density at radius 3 is 3.00 bits per heavy atom. The summed E-state index contributed by atoms with van der Waals surface area (Å²) in [5.41, 5.74) is 4.77. The zero-order valence-electron chi connectivity index (χ0n) is 16.4. The first-order valence-electron chi connectivity index (χ1n) is 10.1. The number of Topliss-reactive ketones (excluding diaryl/α,β-unsaturated/α-hetero) is 1. The van der Waals surface area contributed by atoms with Crippen LogP contribution in [-0.4, -0.2) is 34.0 Å². The molecule has 0 aromatic carbocycles. The van der Waals surface area contributed by atoms with Gasteiger partial charge in [0, 0.05) is 55.5 Å². The van der Waals surface area contributed by atoms with E-state index in [1.54, 1.807) is 12.4 Å². The van der Waals surface area contributed by atoms with E-state index >= 15 is 0 Å². The Balaban J connectivity index is 1.54. The van der Waals surface area contributed by atoms with Gasteiger partial charge in [0.15, 0.2) is 5.78 Å². The molecular formula is C22H27N3O3. The Bertz CT molecular complexity index is 867. The van der Waals surface area contributed by atoms with Gasteiger partial charge in [-0.1, -0.05) is 6.07 Å². The number of hydrogen-bond acceptors (Lipinski definition) is 4. The summed E-state index contributed by atoms with van der Waals surface area (Å²) in [4.78, 5) is 29.4. The Hall–Kier alpha value is -2.47. The highest BCUT2D eigenvalue weighted by atomic mass is 16.5. The van der Waals surface area contributed by atoms with Crippen molar-refractivity contribution in [1.29, 1.82) is 0 Å². The lowest BCUT2D eigenvalue weighted by Gasteiger charge is -2.18. The van der Waals surface area contributed by atoms with E-state index in [9.17, 15) is 9.59 Å². The topological polar surface area (TPSA) is 73.2 Å². The molecule has 1 aliphatic heterocycles. The minimum Gasteiger partial charge on any atom is -0.376 e. The van der Waals surface area contributed by atoms with Gasteiger partial charge in [0.25, 0.3) is 0 Å². The number of pyridine rings is 1. The fourth-order valence-corrected chi connectivity index (χ4v) is 4.37. The molecule has 0 spiro atoms. The maximum Gasteiger partial charge on any atom is 0.224 e. The van der Waals surface area contributed by atoms with E-state index in [0.717, 1.165) is 66.9 Å². The van der Waals surface area contributed by atoms with Crippen LogP contribution < -0.4 is 5.32 Å². The molecule has 0 unspecified atom stereocenters. The number of carbonyl (C=O) groups is 2. The number of nitrogens with one attached hydrogen (secondary N) is 1. The number of ether oxygens (including phenoxy) is 1. The third-order valence-electron chi connectivity index (χ3n) is 5.81. The van der Waals surface area contributed by atoms with Crippen molar-refractivity contribution < 1.29 is 14.3 Å². The molecule has 2 aromatic rings. The van der Waals surface area contributed by atoms with Crippen LogP contribution in [0.2, 0.25) is 0 Å². The molecule has 28 heavy (non-hydrogen) atoms. The van der Waals surface area contributed by atoms with Gasteiger partial charge in [-0.25, -0.2) is 0 Å². The summed E-state index contributed by atoms with van der Waals surface area (Å²) in [5, 5.41) is 2.95. The Morgan fingerprint density at radius 1 is 1.36 bits per heavy atom. The normalized spacial score (nSPS) is 18.9. The quantitative estimate of drug-likeness (QED) is 0.835. The first-order valence-corrected chi connectivity index (χ1v) is 10.1. The van der Waals surface area contributed by atoms with Gasteiger partial charge in [0.05, 0.1) is 12.5 Å². The largest absolute Gasteiger partial charge is 0.376 e. The second kappa shape index (κ2) is 8.27. The van der Waals surface area contributed by atoms with E-state index in [-0.39, 0.29) is 24.2 Å². The summed E-state index contributed by atoms with van der Waals surface area (Å²) < 4.78 is 8.06. The Morgan fingerprint density at radius 2 is 2.25 bits per heavy atom. The van der Waals surface area contributed by atoms with E-state index in [2.05, 4.69) is 14.9 Å². The third-order valence-corrected chi connectivity index (χ3v) is 5.81. The van der Waals surface area contributed by atoms with Crippen LogP contribution in [0.4, 0.5) is 0 Å². The molecule has 3 heterocycles. The van der Waals surface area contributed by atoms with Gasteiger partial charge in [0.2, 0.25) is 5.91 Å². The van der Waals surface area contributed by atoms with Crippen molar-refractivity contribution in [2.45, 2.75) is 64.6 Å². The average molecular weight is 381 g/mol. The number of hydrogen-bond donors (Lipinski definition) is 1.